The average molecular weight is 350 g/mol. The van der Waals surface area contributed by atoms with Gasteiger partial charge in [0.1, 0.15) is 11.1 Å². The Hall–Kier alpha value is -2.71. The van der Waals surface area contributed by atoms with Crippen molar-refractivity contribution in [1.82, 2.24) is 20.4 Å². The zero-order valence-electron chi connectivity index (χ0n) is 13.2. The van der Waals surface area contributed by atoms with E-state index in [4.69, 9.17) is 4.42 Å². The van der Waals surface area contributed by atoms with Gasteiger partial charge in [0.2, 0.25) is 5.91 Å². The van der Waals surface area contributed by atoms with Crippen LogP contribution in [0.15, 0.2) is 28.9 Å². The molecule has 1 saturated heterocycles. The van der Waals surface area contributed by atoms with Crippen LogP contribution in [0.25, 0.3) is 11.5 Å². The summed E-state index contributed by atoms with van der Waals surface area (Å²) in [5.41, 5.74) is -0.703. The minimum atomic E-state index is -2.63. The first kappa shape index (κ1) is 15.8. The molecule has 3 heterocycles. The second-order valence-corrected chi connectivity index (χ2v) is 6.48. The largest absolute Gasteiger partial charge is 0.463 e. The number of halogens is 2. The van der Waals surface area contributed by atoms with Crippen LogP contribution < -0.4 is 5.32 Å². The van der Waals surface area contributed by atoms with Gasteiger partial charge >= 0.3 is 0 Å². The molecule has 25 heavy (non-hydrogen) atoms. The quantitative estimate of drug-likeness (QED) is 0.858. The van der Waals surface area contributed by atoms with Crippen LogP contribution in [0.2, 0.25) is 0 Å². The van der Waals surface area contributed by atoms with E-state index in [0.717, 1.165) is 0 Å². The van der Waals surface area contributed by atoms with Crippen LogP contribution in [-0.4, -0.2) is 52.5 Å². The Balaban J connectivity index is 1.31. The lowest BCUT2D eigenvalue weighted by Crippen LogP contribution is -2.62. The summed E-state index contributed by atoms with van der Waals surface area (Å²) in [6, 6.07) is 4.77. The zero-order chi connectivity index (χ0) is 17.6. The van der Waals surface area contributed by atoms with Gasteiger partial charge in [0.25, 0.3) is 12.3 Å². The number of carbonyl (C=O) groups is 2. The second kappa shape index (κ2) is 5.68. The van der Waals surface area contributed by atoms with Crippen molar-refractivity contribution in [3.8, 4) is 11.5 Å². The molecule has 7 nitrogen and oxygen atoms in total. The number of nitrogens with zero attached hydrogens (tertiary/aromatic N) is 2. The van der Waals surface area contributed by atoms with E-state index in [0.29, 0.717) is 11.5 Å². The van der Waals surface area contributed by atoms with Crippen LogP contribution in [0.3, 0.4) is 0 Å². The molecule has 4 rings (SSSR count). The molecule has 0 atom stereocenters. The number of amides is 2. The smallest absolute Gasteiger partial charge is 0.272 e. The molecule has 2 amide bonds. The molecular formula is C16H16F2N4O3. The predicted molar refractivity (Wildman–Crippen MR) is 81.8 cm³/mol. The highest BCUT2D eigenvalue weighted by molar-refractivity contribution is 5.94. The molecule has 2 aliphatic rings. The fraction of sp³-hybridized carbons (Fsp3) is 0.438. The molecule has 2 aromatic heterocycles. The average Bonchev–Trinajstić information content (AvgIpc) is 2.98. The SMILES string of the molecule is O=C(NC1CN(C(=O)C2(C(F)F)CC2)C1)c1cc(-c2ccco2)[nH]n1. The van der Waals surface area contributed by atoms with Gasteiger partial charge in [0.15, 0.2) is 11.5 Å². The minimum absolute atomic E-state index is 0.197. The Morgan fingerprint density at radius 2 is 2.16 bits per heavy atom. The molecule has 2 N–H and O–H groups in total. The predicted octanol–water partition coefficient (Wildman–Crippen LogP) is 1.66. The van der Waals surface area contributed by atoms with Gasteiger partial charge in [-0.3, -0.25) is 14.7 Å². The normalized spacial score (nSPS) is 18.9. The van der Waals surface area contributed by atoms with Crippen molar-refractivity contribution in [2.75, 3.05) is 13.1 Å². The lowest BCUT2D eigenvalue weighted by Gasteiger charge is -2.41. The van der Waals surface area contributed by atoms with Crippen molar-refractivity contribution in [1.29, 1.82) is 0 Å². The first-order valence-corrected chi connectivity index (χ1v) is 7.97. The Labute approximate surface area is 141 Å². The van der Waals surface area contributed by atoms with Gasteiger partial charge in [-0.2, -0.15) is 5.10 Å². The Kier molecular flexibility index (Phi) is 3.59. The van der Waals surface area contributed by atoms with Crippen molar-refractivity contribution in [3.63, 3.8) is 0 Å². The highest BCUT2D eigenvalue weighted by atomic mass is 19.3. The van der Waals surface area contributed by atoms with E-state index in [-0.39, 0.29) is 43.6 Å². The molecule has 0 spiro atoms. The number of alkyl halides is 2. The van der Waals surface area contributed by atoms with Crippen LogP contribution in [0.1, 0.15) is 23.3 Å². The molecule has 1 aliphatic heterocycles. The lowest BCUT2D eigenvalue weighted by atomic mass is 10.0. The number of carbonyl (C=O) groups excluding carboxylic acids is 2. The molecule has 2 aromatic rings. The highest BCUT2D eigenvalue weighted by Gasteiger charge is 2.60. The van der Waals surface area contributed by atoms with E-state index in [9.17, 15) is 18.4 Å². The number of hydrogen-bond acceptors (Lipinski definition) is 4. The third-order valence-electron chi connectivity index (χ3n) is 4.73. The number of aromatic amines is 1. The summed E-state index contributed by atoms with van der Waals surface area (Å²) in [6.45, 7) is 0.489. The van der Waals surface area contributed by atoms with E-state index < -0.39 is 17.7 Å². The fourth-order valence-corrected chi connectivity index (χ4v) is 2.97. The van der Waals surface area contributed by atoms with Crippen LogP contribution in [0, 0.1) is 5.41 Å². The van der Waals surface area contributed by atoms with Gasteiger partial charge in [-0.1, -0.05) is 0 Å². The molecule has 1 saturated carbocycles. The summed E-state index contributed by atoms with van der Waals surface area (Å²) in [6.07, 6.45) is -0.639. The lowest BCUT2D eigenvalue weighted by molar-refractivity contribution is -0.148. The molecule has 0 radical (unpaired) electrons. The Morgan fingerprint density at radius 3 is 2.76 bits per heavy atom. The molecule has 9 heteroatoms. The summed E-state index contributed by atoms with van der Waals surface area (Å²) < 4.78 is 31.1. The van der Waals surface area contributed by atoms with Gasteiger partial charge < -0.3 is 14.6 Å². The van der Waals surface area contributed by atoms with Gasteiger partial charge in [-0.25, -0.2) is 8.78 Å². The Bertz CT molecular complexity index is 792. The highest BCUT2D eigenvalue weighted by Crippen LogP contribution is 2.52. The minimum Gasteiger partial charge on any atom is -0.463 e. The molecule has 132 valence electrons. The summed E-state index contributed by atoms with van der Waals surface area (Å²) in [4.78, 5) is 25.6. The second-order valence-electron chi connectivity index (χ2n) is 6.48. The van der Waals surface area contributed by atoms with Gasteiger partial charge in [-0.05, 0) is 25.0 Å². The molecule has 2 fully saturated rings. The summed E-state index contributed by atoms with van der Waals surface area (Å²) in [5, 5.41) is 9.39. The maximum absolute atomic E-state index is 13.0. The van der Waals surface area contributed by atoms with E-state index in [1.807, 2.05) is 0 Å². The summed E-state index contributed by atoms with van der Waals surface area (Å²) >= 11 is 0. The molecule has 0 bridgehead atoms. The van der Waals surface area contributed by atoms with Crippen molar-refractivity contribution < 1.29 is 22.8 Å². The van der Waals surface area contributed by atoms with Crippen LogP contribution in [-0.2, 0) is 4.79 Å². The van der Waals surface area contributed by atoms with Crippen molar-refractivity contribution >= 4 is 11.8 Å². The van der Waals surface area contributed by atoms with E-state index in [1.54, 1.807) is 18.2 Å². The fourth-order valence-electron chi connectivity index (χ4n) is 2.97. The molecule has 1 aliphatic carbocycles. The van der Waals surface area contributed by atoms with E-state index >= 15 is 0 Å². The number of nitrogens with one attached hydrogen (secondary N) is 2. The molecule has 0 aromatic carbocycles. The van der Waals surface area contributed by atoms with Crippen molar-refractivity contribution in [3.05, 3.63) is 30.2 Å². The number of H-pyrrole nitrogens is 1. The zero-order valence-corrected chi connectivity index (χ0v) is 13.2. The third kappa shape index (κ3) is 2.69. The van der Waals surface area contributed by atoms with Crippen molar-refractivity contribution in [2.24, 2.45) is 5.41 Å². The number of hydrogen-bond donors (Lipinski definition) is 2. The Morgan fingerprint density at radius 1 is 1.40 bits per heavy atom. The number of rotatable bonds is 5. The van der Waals surface area contributed by atoms with Gasteiger partial charge in [0, 0.05) is 19.2 Å². The maximum atomic E-state index is 13.0. The van der Waals surface area contributed by atoms with Gasteiger partial charge in [0.05, 0.1) is 12.3 Å². The standard InChI is InChI=1S/C16H16F2N4O3/c17-14(18)16(3-4-16)15(24)22-7-9(8-22)19-13(23)11-6-10(20-21-11)12-2-1-5-25-12/h1-2,5-6,9,14H,3-4,7-8H2,(H,19,23)(H,20,21). The first-order valence-electron chi connectivity index (χ1n) is 7.97. The van der Waals surface area contributed by atoms with Gasteiger partial charge in [-0.15, -0.1) is 0 Å². The van der Waals surface area contributed by atoms with Crippen LogP contribution in [0.5, 0.6) is 0 Å². The first-order chi connectivity index (χ1) is 12.0. The monoisotopic (exact) mass is 350 g/mol. The topological polar surface area (TPSA) is 91.2 Å². The number of aromatic nitrogens is 2. The number of furan rings is 1. The number of likely N-dealkylation sites (tertiary alicyclic amines) is 1. The van der Waals surface area contributed by atoms with Crippen LogP contribution >= 0.6 is 0 Å². The van der Waals surface area contributed by atoms with E-state index in [1.165, 1.54) is 11.2 Å². The summed E-state index contributed by atoms with van der Waals surface area (Å²) in [5.74, 6) is -0.331. The molecule has 0 unspecified atom stereocenters. The maximum Gasteiger partial charge on any atom is 0.272 e. The van der Waals surface area contributed by atoms with Crippen LogP contribution in [0.4, 0.5) is 8.78 Å². The van der Waals surface area contributed by atoms with E-state index in [2.05, 4.69) is 15.5 Å². The molecular weight excluding hydrogens is 334 g/mol. The van der Waals surface area contributed by atoms with Crippen molar-refractivity contribution in [2.45, 2.75) is 25.3 Å². The third-order valence-corrected chi connectivity index (χ3v) is 4.73. The summed E-state index contributed by atoms with van der Waals surface area (Å²) in [7, 11) is 0.